The third-order valence-electron chi connectivity index (χ3n) is 5.23. The fourth-order valence-electron chi connectivity index (χ4n) is 3.48. The Morgan fingerprint density at radius 2 is 2.00 bits per heavy atom. The number of ether oxygens (including phenoxy) is 1. The van der Waals surface area contributed by atoms with Crippen LogP contribution in [-0.4, -0.2) is 30.0 Å². The highest BCUT2D eigenvalue weighted by Gasteiger charge is 2.27. The van der Waals surface area contributed by atoms with E-state index < -0.39 is 0 Å². The number of benzene rings is 2. The number of carbonyl (C=O) groups is 1. The predicted octanol–water partition coefficient (Wildman–Crippen LogP) is 3.36. The molecule has 4 nitrogen and oxygen atoms in total. The molecular weight excluding hydrogens is 312 g/mol. The minimum atomic E-state index is -0.0599. The van der Waals surface area contributed by atoms with Crippen LogP contribution >= 0.6 is 0 Å². The summed E-state index contributed by atoms with van der Waals surface area (Å²) >= 11 is 0. The van der Waals surface area contributed by atoms with E-state index in [-0.39, 0.29) is 5.91 Å². The predicted molar refractivity (Wildman–Crippen MR) is 97.6 cm³/mol. The van der Waals surface area contributed by atoms with E-state index in [0.717, 1.165) is 24.4 Å². The first-order valence-corrected chi connectivity index (χ1v) is 9.11. The van der Waals surface area contributed by atoms with Crippen molar-refractivity contribution in [3.05, 3.63) is 65.2 Å². The second kappa shape index (κ2) is 7.28. The lowest BCUT2D eigenvalue weighted by Crippen LogP contribution is -2.40. The molecule has 0 radical (unpaired) electrons. The van der Waals surface area contributed by atoms with Crippen LogP contribution in [0.4, 0.5) is 0 Å². The molecule has 1 heterocycles. The molecule has 0 spiro atoms. The SMILES string of the molecule is O=C(NCc1ccccc1)c1ccc2c(c1)OCCN(C1CCC1)C2. The Kier molecular flexibility index (Phi) is 4.70. The van der Waals surface area contributed by atoms with Gasteiger partial charge in [-0.1, -0.05) is 42.8 Å². The quantitative estimate of drug-likeness (QED) is 0.931. The van der Waals surface area contributed by atoms with E-state index in [0.29, 0.717) is 24.8 Å². The topological polar surface area (TPSA) is 41.6 Å². The maximum Gasteiger partial charge on any atom is 0.251 e. The minimum Gasteiger partial charge on any atom is -0.492 e. The van der Waals surface area contributed by atoms with Crippen LogP contribution < -0.4 is 10.1 Å². The summed E-state index contributed by atoms with van der Waals surface area (Å²) in [6, 6.07) is 16.5. The van der Waals surface area contributed by atoms with Crippen molar-refractivity contribution in [1.29, 1.82) is 0 Å². The van der Waals surface area contributed by atoms with Crippen LogP contribution in [0.3, 0.4) is 0 Å². The highest BCUT2D eigenvalue weighted by Crippen LogP contribution is 2.30. The molecule has 2 aliphatic rings. The smallest absolute Gasteiger partial charge is 0.251 e. The molecule has 130 valence electrons. The van der Waals surface area contributed by atoms with Crippen LogP contribution in [0, 0.1) is 0 Å². The molecule has 1 fully saturated rings. The monoisotopic (exact) mass is 336 g/mol. The molecule has 1 aliphatic heterocycles. The normalized spacial score (nSPS) is 17.8. The number of rotatable bonds is 4. The Morgan fingerprint density at radius 1 is 1.16 bits per heavy atom. The average molecular weight is 336 g/mol. The van der Waals surface area contributed by atoms with Gasteiger partial charge in [-0.05, 0) is 30.5 Å². The summed E-state index contributed by atoms with van der Waals surface area (Å²) in [5, 5.41) is 2.98. The van der Waals surface area contributed by atoms with E-state index in [2.05, 4.69) is 10.2 Å². The van der Waals surface area contributed by atoms with Crippen LogP contribution in [0.15, 0.2) is 48.5 Å². The summed E-state index contributed by atoms with van der Waals surface area (Å²) in [5.74, 6) is 0.796. The molecule has 0 saturated heterocycles. The van der Waals surface area contributed by atoms with Gasteiger partial charge in [0.15, 0.2) is 0 Å². The van der Waals surface area contributed by atoms with Gasteiger partial charge in [0, 0.05) is 36.8 Å². The number of hydrogen-bond donors (Lipinski definition) is 1. The van der Waals surface area contributed by atoms with Crippen LogP contribution in [0.2, 0.25) is 0 Å². The van der Waals surface area contributed by atoms with Gasteiger partial charge in [-0.3, -0.25) is 9.69 Å². The third-order valence-corrected chi connectivity index (χ3v) is 5.23. The first kappa shape index (κ1) is 16.2. The number of hydrogen-bond acceptors (Lipinski definition) is 3. The van der Waals surface area contributed by atoms with E-state index in [1.54, 1.807) is 0 Å². The molecular formula is C21H24N2O2. The van der Waals surface area contributed by atoms with Gasteiger partial charge >= 0.3 is 0 Å². The maximum atomic E-state index is 12.4. The molecule has 4 heteroatoms. The van der Waals surface area contributed by atoms with Gasteiger partial charge in [0.2, 0.25) is 0 Å². The van der Waals surface area contributed by atoms with Crippen LogP contribution in [0.1, 0.15) is 40.7 Å². The molecule has 2 aromatic rings. The van der Waals surface area contributed by atoms with Gasteiger partial charge in [-0.15, -0.1) is 0 Å². The summed E-state index contributed by atoms with van der Waals surface area (Å²) in [6.07, 6.45) is 3.94. The zero-order chi connectivity index (χ0) is 17.1. The van der Waals surface area contributed by atoms with Gasteiger partial charge in [0.25, 0.3) is 5.91 Å². The van der Waals surface area contributed by atoms with E-state index in [1.807, 2.05) is 48.5 Å². The zero-order valence-electron chi connectivity index (χ0n) is 14.4. The Balaban J connectivity index is 1.43. The molecule has 2 aromatic carbocycles. The van der Waals surface area contributed by atoms with Crippen molar-refractivity contribution in [2.24, 2.45) is 0 Å². The fourth-order valence-corrected chi connectivity index (χ4v) is 3.48. The van der Waals surface area contributed by atoms with E-state index in [9.17, 15) is 4.79 Å². The summed E-state index contributed by atoms with van der Waals surface area (Å²) in [5.41, 5.74) is 2.94. The van der Waals surface area contributed by atoms with E-state index in [1.165, 1.54) is 24.8 Å². The Hall–Kier alpha value is -2.33. The highest BCUT2D eigenvalue weighted by molar-refractivity contribution is 5.94. The lowest BCUT2D eigenvalue weighted by molar-refractivity contribution is 0.0950. The van der Waals surface area contributed by atoms with Crippen LogP contribution in [0.5, 0.6) is 5.75 Å². The number of nitrogens with zero attached hydrogens (tertiary/aromatic N) is 1. The van der Waals surface area contributed by atoms with Crippen molar-refractivity contribution in [2.75, 3.05) is 13.2 Å². The molecule has 0 bridgehead atoms. The maximum absolute atomic E-state index is 12.4. The summed E-state index contributed by atoms with van der Waals surface area (Å²) in [7, 11) is 0. The summed E-state index contributed by atoms with van der Waals surface area (Å²) in [4.78, 5) is 15.0. The first-order valence-electron chi connectivity index (χ1n) is 9.11. The van der Waals surface area contributed by atoms with Crippen molar-refractivity contribution in [1.82, 2.24) is 10.2 Å². The molecule has 1 saturated carbocycles. The Morgan fingerprint density at radius 3 is 2.76 bits per heavy atom. The fraction of sp³-hybridized carbons (Fsp3) is 0.381. The molecule has 1 aliphatic carbocycles. The van der Waals surface area contributed by atoms with E-state index in [4.69, 9.17) is 4.74 Å². The molecule has 25 heavy (non-hydrogen) atoms. The molecule has 0 atom stereocenters. The van der Waals surface area contributed by atoms with Crippen LogP contribution in [0.25, 0.3) is 0 Å². The zero-order valence-corrected chi connectivity index (χ0v) is 14.4. The second-order valence-corrected chi connectivity index (χ2v) is 6.89. The second-order valence-electron chi connectivity index (χ2n) is 6.89. The molecule has 1 N–H and O–H groups in total. The number of nitrogens with one attached hydrogen (secondary N) is 1. The van der Waals surface area contributed by atoms with Gasteiger partial charge < -0.3 is 10.1 Å². The number of fused-ring (bicyclic) bond motifs is 1. The first-order chi connectivity index (χ1) is 12.3. The van der Waals surface area contributed by atoms with Crippen molar-refractivity contribution < 1.29 is 9.53 Å². The van der Waals surface area contributed by atoms with E-state index >= 15 is 0 Å². The third kappa shape index (κ3) is 3.69. The molecule has 0 aromatic heterocycles. The van der Waals surface area contributed by atoms with Crippen molar-refractivity contribution in [3.63, 3.8) is 0 Å². The van der Waals surface area contributed by atoms with Gasteiger partial charge in [0.05, 0.1) is 0 Å². The highest BCUT2D eigenvalue weighted by atomic mass is 16.5. The Bertz CT molecular complexity index is 741. The van der Waals surface area contributed by atoms with Crippen molar-refractivity contribution in [2.45, 2.75) is 38.4 Å². The summed E-state index contributed by atoms with van der Waals surface area (Å²) < 4.78 is 5.93. The Labute approximate surface area is 148 Å². The molecule has 4 rings (SSSR count). The number of amides is 1. The van der Waals surface area contributed by atoms with Gasteiger partial charge in [0.1, 0.15) is 12.4 Å². The van der Waals surface area contributed by atoms with Crippen LogP contribution in [-0.2, 0) is 13.1 Å². The van der Waals surface area contributed by atoms with Crippen molar-refractivity contribution >= 4 is 5.91 Å². The van der Waals surface area contributed by atoms with Crippen molar-refractivity contribution in [3.8, 4) is 5.75 Å². The number of carbonyl (C=O) groups excluding carboxylic acids is 1. The molecule has 1 amide bonds. The minimum absolute atomic E-state index is 0.0599. The van der Waals surface area contributed by atoms with Gasteiger partial charge in [-0.25, -0.2) is 0 Å². The van der Waals surface area contributed by atoms with Gasteiger partial charge in [-0.2, -0.15) is 0 Å². The lowest BCUT2D eigenvalue weighted by atomic mass is 9.91. The summed E-state index contributed by atoms with van der Waals surface area (Å²) in [6.45, 7) is 3.12. The molecule has 0 unspecified atom stereocenters. The largest absolute Gasteiger partial charge is 0.492 e. The standard InChI is InChI=1S/C21H24N2O2/c24-21(22-14-16-5-2-1-3-6-16)17-9-10-18-15-23(19-7-4-8-19)11-12-25-20(18)13-17/h1-3,5-6,9-10,13,19H,4,7-8,11-12,14-15H2,(H,22,24). The average Bonchev–Trinajstić information content (AvgIpc) is 2.80. The lowest BCUT2D eigenvalue weighted by Gasteiger charge is -2.36.